The Bertz CT molecular complexity index is 2950. The van der Waals surface area contributed by atoms with E-state index in [1.807, 2.05) is 27.7 Å². The molecule has 0 bridgehead atoms. The predicted octanol–water partition coefficient (Wildman–Crippen LogP) is 28.8. The lowest BCUT2D eigenvalue weighted by Crippen LogP contribution is -2.39. The molecule has 0 aromatic carbocycles. The smallest absolute Gasteiger partial charge is 0.136 e. The minimum Gasteiger partial charge on any atom is -0.390 e. The normalized spacial score (nSPS) is 36.4. The van der Waals surface area contributed by atoms with E-state index >= 15 is 0 Å². The predicted molar refractivity (Wildman–Crippen MR) is 476 cm³/mol. The van der Waals surface area contributed by atoms with Crippen LogP contribution in [0, 0.1) is 127 Å². The summed E-state index contributed by atoms with van der Waals surface area (Å²) in [6.45, 7) is 65.3. The monoisotopic (exact) mass is 1540 g/mol. The fourth-order valence-corrected chi connectivity index (χ4v) is 25.9. The lowest BCUT2D eigenvalue weighted by atomic mass is 9.60. The van der Waals surface area contributed by atoms with Crippen molar-refractivity contribution in [3.05, 3.63) is 94.7 Å². The third-order valence-electron chi connectivity index (χ3n) is 32.8. The molecule has 0 heterocycles. The first-order valence-corrected chi connectivity index (χ1v) is 47.0. The SMILES string of the molecule is C=C1[C@H](C)CC(=C/C=C2\CCC[C@@]3(C)C2CCC3[C@@H](C)CCCC(C)(C)C)C[C@H]1C.C=C1[C@H](C)CC(=CC)C[C@H]1C.C=C1[C@H](O)CC(=C/C=C2\CCC[C@@]3(C)C2CCC3[C@@H](C)CCCC(C)(C)O)C[C@H]1O.C[C@@H](CCCC(C)(C)C)C1CC[C@H]2C(=O)CCC[C@]12C.C[C@@H](CCCC(C)(C)O)C1CC[C@H]2C(=O)CCC[C@]12C. The molecule has 11 aliphatic carbocycles. The van der Waals surface area contributed by atoms with Gasteiger partial charge in [-0.1, -0.05) is 265 Å². The zero-order valence-electron chi connectivity index (χ0n) is 76.9. The lowest BCUT2D eigenvalue weighted by molar-refractivity contribution is -0.130. The van der Waals surface area contributed by atoms with Crippen molar-refractivity contribution in [2.45, 2.75) is 427 Å². The molecule has 6 nitrogen and oxygen atoms in total. The maximum Gasteiger partial charge on any atom is 0.136 e. The highest BCUT2D eigenvalue weighted by Gasteiger charge is 2.55. The molecule has 0 radical (unpaired) electrons. The van der Waals surface area contributed by atoms with Gasteiger partial charge in [-0.25, -0.2) is 0 Å². The highest BCUT2D eigenvalue weighted by molar-refractivity contribution is 5.83. The van der Waals surface area contributed by atoms with Crippen molar-refractivity contribution in [2.24, 2.45) is 127 Å². The van der Waals surface area contributed by atoms with E-state index in [-0.39, 0.29) is 5.41 Å². The average Bonchev–Trinajstić information content (AvgIpc) is 1.66. The summed E-state index contributed by atoms with van der Waals surface area (Å²) in [5.74, 6) is 12.3. The summed E-state index contributed by atoms with van der Waals surface area (Å²) in [4.78, 5) is 24.4. The molecule has 11 aliphatic rings. The van der Waals surface area contributed by atoms with Gasteiger partial charge < -0.3 is 20.4 Å². The van der Waals surface area contributed by atoms with Gasteiger partial charge in [0.1, 0.15) is 11.6 Å². The molecule has 0 spiro atoms. The standard InChI is InChI=1S/C30H50.C27H44O3.C19H34O.C18H32O2.C11H18/c1-21(11-9-17-29(5,6)7)27-15-16-28-26(12-10-18-30(27,28)8)14-13-25-19-22(2)24(4)23(3)20-25;1-18(8-6-14-26(3,4)30)22-12-13-23-21(9-7-15-27(22,23)5)11-10-20-16-24(28)19(2)25(29)17-20;1-14(8-6-12-18(2,3)4)15-10-11-16-17(20)9-7-13-19(15,16)5;1-13(7-5-11-17(2,3)20)14-9-10-15-16(19)8-6-12-18(14,15)4;1-5-11-6-8(2)10(4)9(3)7-11/h13-14,21-23,27-28H,4,9-12,15-20H2,1-3,5-8H3;10-11,18,22-25,28-30H,2,6-9,12-17H2,1,3-5H3;14-16H,6-13H2,1-5H3;13-15,20H,5-12H2,1-4H3;5,8-9H,4,6-7H2,1-3H3/b26-14+;21-11+;;;/t21-,22+,23+,27?,28?,30+;18-,22?,23?,24+,25+,27+;14-,15?,16-,19+;13-,14?,15-,18+;8-,9-/m00001/s1. The summed E-state index contributed by atoms with van der Waals surface area (Å²) in [6, 6.07) is 0. The van der Waals surface area contributed by atoms with Crippen LogP contribution in [-0.4, -0.2) is 55.4 Å². The minimum atomic E-state index is -0.615. The van der Waals surface area contributed by atoms with Crippen LogP contribution in [0.5, 0.6) is 0 Å². The largest absolute Gasteiger partial charge is 0.390 e. The first-order valence-electron chi connectivity index (χ1n) is 47.0. The first-order chi connectivity index (χ1) is 51.6. The molecule has 11 saturated carbocycles. The van der Waals surface area contributed by atoms with Crippen LogP contribution in [0.15, 0.2) is 94.7 Å². The van der Waals surface area contributed by atoms with Crippen LogP contribution in [-0.2, 0) is 9.59 Å². The van der Waals surface area contributed by atoms with Crippen LogP contribution < -0.4 is 0 Å². The molecule has 0 aromatic rings. The Kier molecular flexibility index (Phi) is 34.9. The van der Waals surface area contributed by atoms with Gasteiger partial charge in [0.05, 0.1) is 23.4 Å². The van der Waals surface area contributed by atoms with Crippen LogP contribution in [0.25, 0.3) is 0 Å². The number of ketones is 2. The van der Waals surface area contributed by atoms with Crippen LogP contribution in [0.3, 0.4) is 0 Å². The Hall–Kier alpha value is -2.90. The average molecular weight is 1540 g/mol. The number of carbonyl (C=O) groups excluding carboxylic acids is 2. The highest BCUT2D eigenvalue weighted by atomic mass is 16.3. The summed E-state index contributed by atoms with van der Waals surface area (Å²) in [5, 5.41) is 40.1. The Morgan fingerprint density at radius 2 is 0.658 bits per heavy atom. The second-order valence-electron chi connectivity index (χ2n) is 45.2. The third kappa shape index (κ3) is 26.1. The Labute approximate surface area is 686 Å². The molecule has 0 aliphatic heterocycles. The van der Waals surface area contributed by atoms with Crippen LogP contribution in [0.2, 0.25) is 0 Å². The molecular formula is C105H178O6. The number of allylic oxidation sites excluding steroid dienone is 11. The summed E-state index contributed by atoms with van der Waals surface area (Å²) in [5.41, 5.74) is 12.6. The Morgan fingerprint density at radius 3 is 0.955 bits per heavy atom. The van der Waals surface area contributed by atoms with Crippen molar-refractivity contribution in [3.8, 4) is 0 Å². The van der Waals surface area contributed by atoms with Crippen LogP contribution >= 0.6 is 0 Å². The molecule has 0 saturated heterocycles. The highest BCUT2D eigenvalue weighted by Crippen LogP contribution is 2.63. The second kappa shape index (κ2) is 40.7. The fourth-order valence-electron chi connectivity index (χ4n) is 25.9. The van der Waals surface area contributed by atoms with E-state index in [4.69, 9.17) is 0 Å². The van der Waals surface area contributed by atoms with E-state index < -0.39 is 23.4 Å². The molecule has 111 heavy (non-hydrogen) atoms. The van der Waals surface area contributed by atoms with Crippen molar-refractivity contribution < 1.29 is 30.0 Å². The van der Waals surface area contributed by atoms with Gasteiger partial charge in [0.15, 0.2) is 0 Å². The number of carbonyl (C=O) groups is 2. The molecule has 4 N–H and O–H groups in total. The zero-order chi connectivity index (χ0) is 82.6. The quantitative estimate of drug-likeness (QED) is 0.0903. The van der Waals surface area contributed by atoms with Gasteiger partial charge in [0.2, 0.25) is 0 Å². The maximum absolute atomic E-state index is 12.2. The maximum atomic E-state index is 12.2. The number of aliphatic hydroxyl groups is 4. The Balaban J connectivity index is 0.000000199. The van der Waals surface area contributed by atoms with E-state index in [0.717, 1.165) is 98.9 Å². The van der Waals surface area contributed by atoms with Crippen LogP contribution in [0.1, 0.15) is 403 Å². The molecule has 22 atom stereocenters. The van der Waals surface area contributed by atoms with E-state index in [9.17, 15) is 30.0 Å². The summed E-state index contributed by atoms with van der Waals surface area (Å²) in [6.07, 6.45) is 56.0. The molecular weight excluding hydrogens is 1360 g/mol. The molecule has 0 aromatic heterocycles. The Morgan fingerprint density at radius 1 is 0.387 bits per heavy atom. The number of fused-ring (bicyclic) bond motifs is 4. The summed E-state index contributed by atoms with van der Waals surface area (Å²) < 4.78 is 0. The molecule has 11 fully saturated rings. The van der Waals surface area contributed by atoms with E-state index in [2.05, 4.69) is 182 Å². The molecule has 6 heteroatoms. The second-order valence-corrected chi connectivity index (χ2v) is 45.2. The van der Waals surface area contributed by atoms with Gasteiger partial charge in [-0.15, -0.1) is 0 Å². The van der Waals surface area contributed by atoms with Crippen molar-refractivity contribution >= 4 is 11.6 Å². The third-order valence-corrected chi connectivity index (χ3v) is 32.8. The van der Waals surface area contributed by atoms with Gasteiger partial charge in [0, 0.05) is 24.7 Å². The lowest BCUT2D eigenvalue weighted by Gasteiger charge is -2.44. The number of hydrogen-bond donors (Lipinski definition) is 4. The zero-order valence-corrected chi connectivity index (χ0v) is 76.9. The van der Waals surface area contributed by atoms with Crippen LogP contribution in [0.4, 0.5) is 0 Å². The molecule has 6 unspecified atom stereocenters. The van der Waals surface area contributed by atoms with E-state index in [1.165, 1.54) is 185 Å². The number of Topliss-reactive ketones (excluding diaryl/α,β-unsaturated/α-hetero) is 2. The summed E-state index contributed by atoms with van der Waals surface area (Å²) >= 11 is 0. The van der Waals surface area contributed by atoms with Gasteiger partial charge in [-0.2, -0.15) is 0 Å². The van der Waals surface area contributed by atoms with Gasteiger partial charge in [-0.05, 0) is 335 Å². The number of rotatable bonds is 20. The number of aliphatic hydroxyl groups excluding tert-OH is 2. The van der Waals surface area contributed by atoms with Crippen molar-refractivity contribution in [3.63, 3.8) is 0 Å². The van der Waals surface area contributed by atoms with Gasteiger partial charge >= 0.3 is 0 Å². The topological polar surface area (TPSA) is 115 Å². The van der Waals surface area contributed by atoms with Crippen molar-refractivity contribution in [1.29, 1.82) is 0 Å². The minimum absolute atomic E-state index is 0.267. The fraction of sp³-hybridized carbons (Fsp3) is 0.829. The molecule has 634 valence electrons. The van der Waals surface area contributed by atoms with E-state index in [0.29, 0.717) is 116 Å². The molecule has 0 amide bonds. The van der Waals surface area contributed by atoms with Crippen molar-refractivity contribution in [1.82, 2.24) is 0 Å². The first kappa shape index (κ1) is 95.2. The van der Waals surface area contributed by atoms with E-state index in [1.54, 1.807) is 22.3 Å². The van der Waals surface area contributed by atoms with Crippen molar-refractivity contribution in [2.75, 3.05) is 0 Å². The number of hydrogen-bond acceptors (Lipinski definition) is 6. The van der Waals surface area contributed by atoms with Gasteiger partial charge in [0.25, 0.3) is 0 Å². The molecule has 11 rings (SSSR count). The van der Waals surface area contributed by atoms with Gasteiger partial charge in [-0.3, -0.25) is 9.59 Å². The summed E-state index contributed by atoms with van der Waals surface area (Å²) in [7, 11) is 0.